The fraction of sp³-hybridized carbons (Fsp3) is 0.154. The smallest absolute Gasteiger partial charge is 0.193 e. The fourth-order valence-corrected chi connectivity index (χ4v) is 4.80. The maximum absolute atomic E-state index is 6.16. The molecule has 6 aromatic rings. The molecular weight excluding hydrogens is 526 g/mol. The Labute approximate surface area is 224 Å². The zero-order valence-corrected chi connectivity index (χ0v) is 21.6. The van der Waals surface area contributed by atoms with Gasteiger partial charge in [-0.3, -0.25) is 0 Å². The molecule has 180 valence electrons. The standard InChI is InChI=1S/C26H20Cl2N4O.2ClH/c27-17-1-3-23-21(13-17)19-5-7-31(15-25(19)29-23)9-11-33-12-10-32-8-6-20-22-14-18(28)2-4-24(22)30-26(20)16-32;;/h1-8,13-16H,9-12H2;2*1H. The first-order chi connectivity index (χ1) is 16.1. The largest absolute Gasteiger partial charge is 1.00 e. The lowest BCUT2D eigenvalue weighted by molar-refractivity contribution is -0.704. The predicted molar refractivity (Wildman–Crippen MR) is 133 cm³/mol. The van der Waals surface area contributed by atoms with Crippen LogP contribution in [0.15, 0.2) is 73.3 Å². The topological polar surface area (TPSA) is 48.6 Å². The molecule has 35 heavy (non-hydrogen) atoms. The van der Waals surface area contributed by atoms with E-state index in [1.54, 1.807) is 0 Å². The molecule has 2 aromatic carbocycles. The van der Waals surface area contributed by atoms with Gasteiger partial charge >= 0.3 is 0 Å². The Morgan fingerprint density at radius 1 is 0.600 bits per heavy atom. The van der Waals surface area contributed by atoms with Crippen molar-refractivity contribution in [3.63, 3.8) is 0 Å². The number of aromatic amines is 2. The van der Waals surface area contributed by atoms with E-state index in [1.807, 2.05) is 36.4 Å². The Morgan fingerprint density at radius 3 is 1.51 bits per heavy atom. The molecular formula is C26H22Cl4N4O. The van der Waals surface area contributed by atoms with E-state index in [-0.39, 0.29) is 24.8 Å². The van der Waals surface area contributed by atoms with Gasteiger partial charge in [-0.2, -0.15) is 0 Å². The number of nitrogens with one attached hydrogen (secondary N) is 2. The van der Waals surface area contributed by atoms with E-state index in [1.165, 1.54) is 10.8 Å². The maximum Gasteiger partial charge on any atom is 0.193 e. The molecule has 6 rings (SSSR count). The molecule has 5 nitrogen and oxygen atoms in total. The summed E-state index contributed by atoms with van der Waals surface area (Å²) in [5.41, 5.74) is 4.38. The van der Waals surface area contributed by atoms with E-state index in [9.17, 15) is 0 Å². The minimum atomic E-state index is 0. The molecule has 0 bridgehead atoms. The molecule has 0 unspecified atom stereocenters. The molecule has 0 aliphatic heterocycles. The van der Waals surface area contributed by atoms with Crippen LogP contribution in [0.4, 0.5) is 0 Å². The van der Waals surface area contributed by atoms with Gasteiger partial charge in [-0.15, -0.1) is 0 Å². The molecule has 4 heterocycles. The number of benzene rings is 2. The van der Waals surface area contributed by atoms with Gasteiger partial charge in [0, 0.05) is 54.8 Å². The van der Waals surface area contributed by atoms with E-state index in [2.05, 4.69) is 56.0 Å². The molecule has 0 atom stereocenters. The number of H-pyrrole nitrogens is 2. The number of fused-ring (bicyclic) bond motifs is 6. The van der Waals surface area contributed by atoms with Crippen molar-refractivity contribution in [1.29, 1.82) is 0 Å². The van der Waals surface area contributed by atoms with Crippen LogP contribution in [0.2, 0.25) is 10.0 Å². The normalized spacial score (nSPS) is 11.3. The Hall–Kier alpha value is -2.54. The lowest BCUT2D eigenvalue weighted by Gasteiger charge is -2.01. The van der Waals surface area contributed by atoms with Crippen molar-refractivity contribution >= 4 is 66.8 Å². The van der Waals surface area contributed by atoms with Crippen LogP contribution >= 0.6 is 23.2 Å². The fourth-order valence-electron chi connectivity index (χ4n) is 4.45. The Kier molecular flexibility index (Phi) is 7.74. The van der Waals surface area contributed by atoms with Crippen molar-refractivity contribution in [1.82, 2.24) is 9.97 Å². The Balaban J connectivity index is 0.00000144. The quantitative estimate of drug-likeness (QED) is 0.216. The summed E-state index contributed by atoms with van der Waals surface area (Å²) in [5, 5.41) is 6.14. The average Bonchev–Trinajstić information content (AvgIpc) is 3.35. The van der Waals surface area contributed by atoms with Gasteiger partial charge in [0.15, 0.2) is 37.9 Å². The van der Waals surface area contributed by atoms with Crippen molar-refractivity contribution in [3.05, 3.63) is 83.4 Å². The number of aromatic nitrogens is 4. The summed E-state index contributed by atoms with van der Waals surface area (Å²) in [7, 11) is 0. The van der Waals surface area contributed by atoms with E-state index in [0.29, 0.717) is 13.2 Å². The van der Waals surface area contributed by atoms with Crippen LogP contribution in [0, 0.1) is 0 Å². The van der Waals surface area contributed by atoms with Crippen LogP contribution in [0.5, 0.6) is 0 Å². The Morgan fingerprint density at radius 2 is 1.06 bits per heavy atom. The highest BCUT2D eigenvalue weighted by atomic mass is 35.5. The number of ether oxygens (including phenoxy) is 1. The van der Waals surface area contributed by atoms with Crippen LogP contribution in [-0.4, -0.2) is 23.2 Å². The molecule has 0 saturated heterocycles. The van der Waals surface area contributed by atoms with Gasteiger partial charge in [0.25, 0.3) is 0 Å². The molecule has 0 fully saturated rings. The molecule has 0 aliphatic carbocycles. The van der Waals surface area contributed by atoms with E-state index in [0.717, 1.165) is 56.0 Å². The number of hydrogen-bond acceptors (Lipinski definition) is 1. The van der Waals surface area contributed by atoms with E-state index >= 15 is 0 Å². The molecule has 0 amide bonds. The zero-order valence-electron chi connectivity index (χ0n) is 18.6. The van der Waals surface area contributed by atoms with Crippen molar-refractivity contribution in [2.24, 2.45) is 0 Å². The summed E-state index contributed by atoms with van der Waals surface area (Å²) in [5.74, 6) is 0. The molecule has 0 saturated carbocycles. The lowest BCUT2D eigenvalue weighted by atomic mass is 10.2. The highest BCUT2D eigenvalue weighted by Crippen LogP contribution is 2.27. The second kappa shape index (κ2) is 10.6. The Bertz CT molecular complexity index is 1520. The zero-order chi connectivity index (χ0) is 22.4. The third-order valence-corrected chi connectivity index (χ3v) is 6.58. The van der Waals surface area contributed by atoms with Crippen LogP contribution in [0.25, 0.3) is 43.6 Å². The van der Waals surface area contributed by atoms with Crippen LogP contribution in [0.3, 0.4) is 0 Å². The first-order valence-electron chi connectivity index (χ1n) is 10.9. The van der Waals surface area contributed by atoms with Crippen LogP contribution < -0.4 is 33.9 Å². The van der Waals surface area contributed by atoms with E-state index in [4.69, 9.17) is 27.9 Å². The molecule has 9 heteroatoms. The lowest BCUT2D eigenvalue weighted by Crippen LogP contribution is -3.00. The summed E-state index contributed by atoms with van der Waals surface area (Å²) in [4.78, 5) is 6.92. The summed E-state index contributed by atoms with van der Waals surface area (Å²) < 4.78 is 10.2. The van der Waals surface area contributed by atoms with Crippen molar-refractivity contribution in [2.45, 2.75) is 13.1 Å². The summed E-state index contributed by atoms with van der Waals surface area (Å²) in [6.45, 7) is 2.88. The van der Waals surface area contributed by atoms with Gasteiger partial charge in [0.05, 0.1) is 0 Å². The minimum Gasteiger partial charge on any atom is -1.00 e. The summed E-state index contributed by atoms with van der Waals surface area (Å²) >= 11 is 12.3. The maximum atomic E-state index is 6.16. The second-order valence-electron chi connectivity index (χ2n) is 8.26. The third-order valence-electron chi connectivity index (χ3n) is 6.11. The first kappa shape index (κ1) is 25.5. The van der Waals surface area contributed by atoms with Crippen molar-refractivity contribution < 1.29 is 38.7 Å². The van der Waals surface area contributed by atoms with Crippen molar-refractivity contribution in [3.8, 4) is 0 Å². The number of nitrogens with zero attached hydrogens (tertiary/aromatic N) is 2. The highest BCUT2D eigenvalue weighted by molar-refractivity contribution is 6.32. The monoisotopic (exact) mass is 546 g/mol. The average molecular weight is 548 g/mol. The first-order valence-corrected chi connectivity index (χ1v) is 11.7. The SMILES string of the molecule is Clc1ccc2[nH]c3c[n+](CCOCC[n+]4ccc5c(c4)[nH]c4ccc(Cl)cc45)ccc3c2c1.[Cl-].[Cl-]. The minimum absolute atomic E-state index is 0. The molecule has 0 spiro atoms. The summed E-state index contributed by atoms with van der Waals surface area (Å²) in [6, 6.07) is 16.1. The van der Waals surface area contributed by atoms with Gasteiger partial charge in [-0.25, -0.2) is 9.13 Å². The molecule has 0 radical (unpaired) electrons. The van der Waals surface area contributed by atoms with Crippen LogP contribution in [0.1, 0.15) is 0 Å². The van der Waals surface area contributed by atoms with Gasteiger partial charge in [-0.1, -0.05) is 23.2 Å². The van der Waals surface area contributed by atoms with Gasteiger partial charge in [0.1, 0.15) is 24.2 Å². The number of hydrogen-bond donors (Lipinski definition) is 2. The summed E-state index contributed by atoms with van der Waals surface area (Å²) in [6.07, 6.45) is 8.42. The van der Waals surface area contributed by atoms with E-state index < -0.39 is 0 Å². The predicted octanol–water partition coefficient (Wildman–Crippen LogP) is -0.438. The van der Waals surface area contributed by atoms with Crippen LogP contribution in [-0.2, 0) is 17.8 Å². The number of halogens is 4. The van der Waals surface area contributed by atoms with Gasteiger partial charge < -0.3 is 39.5 Å². The molecule has 2 N–H and O–H groups in total. The molecule has 0 aliphatic rings. The van der Waals surface area contributed by atoms with Gasteiger partial charge in [-0.05, 0) is 36.4 Å². The van der Waals surface area contributed by atoms with Crippen molar-refractivity contribution in [2.75, 3.05) is 13.2 Å². The molecule has 4 aromatic heterocycles. The second-order valence-corrected chi connectivity index (χ2v) is 9.14. The van der Waals surface area contributed by atoms with Gasteiger partial charge in [0.2, 0.25) is 0 Å². The third kappa shape index (κ3) is 5.06. The number of pyridine rings is 2. The highest BCUT2D eigenvalue weighted by Gasteiger charge is 2.11. The number of rotatable bonds is 6.